The van der Waals surface area contributed by atoms with Crippen molar-refractivity contribution in [2.24, 2.45) is 4.99 Å². The van der Waals surface area contributed by atoms with Crippen LogP contribution in [-0.4, -0.2) is 41.9 Å². The van der Waals surface area contributed by atoms with E-state index in [2.05, 4.69) is 10.3 Å². The summed E-state index contributed by atoms with van der Waals surface area (Å²) in [5.74, 6) is -1.59. The molecule has 1 atom stereocenters. The second-order valence-electron chi connectivity index (χ2n) is 6.31. The van der Waals surface area contributed by atoms with Crippen LogP contribution in [0, 0.1) is 5.82 Å². The van der Waals surface area contributed by atoms with Crippen LogP contribution in [0.1, 0.15) is 23.7 Å². The quantitative estimate of drug-likeness (QED) is 0.339. The van der Waals surface area contributed by atoms with Gasteiger partial charge in [-0.1, -0.05) is 17.8 Å². The standard InChI is InChI=1S/C21H20FN3O4S/c1-3-29-20(28)13-7-9-16(10-8-13)25-18(26)12-17(19(25)27)30-21(23-2)24-15-6-4-5-14(22)11-15/h4-11,17H,3,12H2,1-2H3,(H,23,24). The summed E-state index contributed by atoms with van der Waals surface area (Å²) in [5.41, 5.74) is 1.21. The van der Waals surface area contributed by atoms with Crippen molar-refractivity contribution in [1.29, 1.82) is 0 Å². The van der Waals surface area contributed by atoms with E-state index in [1.165, 1.54) is 36.4 Å². The molecular weight excluding hydrogens is 409 g/mol. The number of rotatable bonds is 5. The number of thioether (sulfide) groups is 1. The van der Waals surface area contributed by atoms with E-state index in [4.69, 9.17) is 4.74 Å². The van der Waals surface area contributed by atoms with E-state index in [-0.39, 0.29) is 24.8 Å². The van der Waals surface area contributed by atoms with Gasteiger partial charge in [0, 0.05) is 19.2 Å². The first-order valence-corrected chi connectivity index (χ1v) is 10.1. The van der Waals surface area contributed by atoms with Crippen molar-refractivity contribution in [3.05, 3.63) is 59.9 Å². The number of nitrogens with zero attached hydrogens (tertiary/aromatic N) is 2. The molecule has 0 radical (unpaired) electrons. The third-order valence-corrected chi connectivity index (χ3v) is 5.44. The molecule has 0 saturated carbocycles. The zero-order valence-corrected chi connectivity index (χ0v) is 17.2. The van der Waals surface area contributed by atoms with E-state index in [0.717, 1.165) is 16.7 Å². The number of hydrogen-bond acceptors (Lipinski definition) is 6. The van der Waals surface area contributed by atoms with Gasteiger partial charge in [0.1, 0.15) is 11.1 Å². The van der Waals surface area contributed by atoms with Gasteiger partial charge in [0.05, 0.1) is 17.9 Å². The van der Waals surface area contributed by atoms with Crippen LogP contribution in [0.5, 0.6) is 0 Å². The van der Waals surface area contributed by atoms with Crippen molar-refractivity contribution in [1.82, 2.24) is 0 Å². The highest BCUT2D eigenvalue weighted by Crippen LogP contribution is 2.31. The Kier molecular flexibility index (Phi) is 6.83. The summed E-state index contributed by atoms with van der Waals surface area (Å²) in [6.45, 7) is 1.97. The van der Waals surface area contributed by atoms with E-state index in [1.807, 2.05) is 0 Å². The molecule has 1 unspecified atom stereocenters. The van der Waals surface area contributed by atoms with Gasteiger partial charge in [0.2, 0.25) is 11.8 Å². The Labute approximate surface area is 177 Å². The van der Waals surface area contributed by atoms with Crippen LogP contribution < -0.4 is 10.2 Å². The van der Waals surface area contributed by atoms with E-state index >= 15 is 0 Å². The van der Waals surface area contributed by atoms with Crippen LogP contribution in [-0.2, 0) is 14.3 Å². The molecule has 2 aromatic carbocycles. The minimum absolute atomic E-state index is 0.00692. The number of ether oxygens (including phenoxy) is 1. The summed E-state index contributed by atoms with van der Waals surface area (Å²) < 4.78 is 18.3. The molecule has 0 bridgehead atoms. The van der Waals surface area contributed by atoms with Crippen LogP contribution in [0.25, 0.3) is 0 Å². The Morgan fingerprint density at radius 3 is 2.63 bits per heavy atom. The van der Waals surface area contributed by atoms with Crippen LogP contribution in [0.3, 0.4) is 0 Å². The highest BCUT2D eigenvalue weighted by atomic mass is 32.2. The molecule has 0 spiro atoms. The highest BCUT2D eigenvalue weighted by Gasteiger charge is 2.40. The molecule has 1 N–H and O–H groups in total. The molecule has 156 valence electrons. The topological polar surface area (TPSA) is 88.1 Å². The molecule has 1 heterocycles. The van der Waals surface area contributed by atoms with E-state index < -0.39 is 17.0 Å². The summed E-state index contributed by atoms with van der Waals surface area (Å²) >= 11 is 1.11. The maximum atomic E-state index is 13.4. The normalized spacial score (nSPS) is 16.7. The zero-order valence-electron chi connectivity index (χ0n) is 16.4. The van der Waals surface area contributed by atoms with Crippen LogP contribution in [0.4, 0.5) is 15.8 Å². The van der Waals surface area contributed by atoms with Gasteiger partial charge < -0.3 is 10.1 Å². The lowest BCUT2D eigenvalue weighted by Gasteiger charge is -2.16. The van der Waals surface area contributed by atoms with Gasteiger partial charge in [-0.05, 0) is 49.4 Å². The first-order valence-electron chi connectivity index (χ1n) is 9.23. The summed E-state index contributed by atoms with van der Waals surface area (Å²) in [6, 6.07) is 12.0. The lowest BCUT2D eigenvalue weighted by atomic mass is 10.2. The highest BCUT2D eigenvalue weighted by molar-refractivity contribution is 8.15. The Morgan fingerprint density at radius 1 is 1.27 bits per heavy atom. The van der Waals surface area contributed by atoms with Gasteiger partial charge in [0.15, 0.2) is 5.17 Å². The Bertz CT molecular complexity index is 994. The maximum Gasteiger partial charge on any atom is 0.338 e. The number of nitrogens with one attached hydrogen (secondary N) is 1. The van der Waals surface area contributed by atoms with Crippen LogP contribution in [0.15, 0.2) is 53.5 Å². The van der Waals surface area contributed by atoms with Gasteiger partial charge in [-0.15, -0.1) is 0 Å². The molecule has 2 amide bonds. The number of anilines is 2. The van der Waals surface area contributed by atoms with E-state index in [0.29, 0.717) is 22.1 Å². The van der Waals surface area contributed by atoms with Gasteiger partial charge >= 0.3 is 5.97 Å². The van der Waals surface area contributed by atoms with E-state index in [9.17, 15) is 18.8 Å². The lowest BCUT2D eigenvalue weighted by Crippen LogP contribution is -2.31. The first-order chi connectivity index (χ1) is 14.4. The van der Waals surface area contributed by atoms with E-state index in [1.54, 1.807) is 26.1 Å². The molecule has 9 heteroatoms. The summed E-state index contributed by atoms with van der Waals surface area (Å²) in [7, 11) is 1.54. The average Bonchev–Trinajstić information content (AvgIpc) is 3.00. The monoisotopic (exact) mass is 429 g/mol. The summed E-state index contributed by atoms with van der Waals surface area (Å²) in [5, 5.41) is 2.69. The summed E-state index contributed by atoms with van der Waals surface area (Å²) in [6.07, 6.45) is 0.00692. The fourth-order valence-corrected chi connectivity index (χ4v) is 3.87. The number of halogens is 1. The number of imide groups is 1. The fourth-order valence-electron chi connectivity index (χ4n) is 2.89. The van der Waals surface area contributed by atoms with Gasteiger partial charge in [0.25, 0.3) is 0 Å². The molecular formula is C21H20FN3O4S. The number of hydrogen-bond donors (Lipinski definition) is 1. The molecule has 1 saturated heterocycles. The Balaban J connectivity index is 1.70. The van der Waals surface area contributed by atoms with Crippen molar-refractivity contribution in [2.45, 2.75) is 18.6 Å². The molecule has 1 aliphatic rings. The molecule has 1 aliphatic heterocycles. The predicted molar refractivity (Wildman–Crippen MR) is 114 cm³/mol. The molecule has 0 aliphatic carbocycles. The van der Waals surface area contributed by atoms with Gasteiger partial charge in [-0.25, -0.2) is 14.1 Å². The molecule has 2 aromatic rings. The van der Waals surface area contributed by atoms with Gasteiger partial charge in [-0.2, -0.15) is 0 Å². The smallest absolute Gasteiger partial charge is 0.338 e. The van der Waals surface area contributed by atoms with Crippen molar-refractivity contribution in [2.75, 3.05) is 23.9 Å². The van der Waals surface area contributed by atoms with Crippen molar-refractivity contribution < 1.29 is 23.5 Å². The molecule has 1 fully saturated rings. The first kappa shape index (κ1) is 21.5. The SMILES string of the molecule is CCOC(=O)c1ccc(N2C(=O)CC(SC(=NC)Nc3cccc(F)c3)C2=O)cc1. The number of esters is 1. The zero-order chi connectivity index (χ0) is 21.7. The van der Waals surface area contributed by atoms with Crippen LogP contribution in [0.2, 0.25) is 0 Å². The number of amides is 2. The third-order valence-electron chi connectivity index (χ3n) is 4.27. The number of carbonyl (C=O) groups is 3. The van der Waals surface area contributed by atoms with Gasteiger partial charge in [-0.3, -0.25) is 14.6 Å². The number of carbonyl (C=O) groups excluding carboxylic acids is 3. The van der Waals surface area contributed by atoms with Crippen molar-refractivity contribution in [3.8, 4) is 0 Å². The lowest BCUT2D eigenvalue weighted by molar-refractivity contribution is -0.121. The number of aliphatic imine (C=N–C) groups is 1. The van der Waals surface area contributed by atoms with Crippen LogP contribution >= 0.6 is 11.8 Å². The fraction of sp³-hybridized carbons (Fsp3) is 0.238. The minimum atomic E-state index is -0.665. The summed E-state index contributed by atoms with van der Waals surface area (Å²) in [4.78, 5) is 42.3. The molecule has 0 aromatic heterocycles. The van der Waals surface area contributed by atoms with Crippen molar-refractivity contribution in [3.63, 3.8) is 0 Å². The number of amidine groups is 1. The predicted octanol–water partition coefficient (Wildman–Crippen LogP) is 3.47. The molecule has 30 heavy (non-hydrogen) atoms. The second kappa shape index (κ2) is 9.53. The number of benzene rings is 2. The Morgan fingerprint density at radius 2 is 2.00 bits per heavy atom. The molecule has 3 rings (SSSR count). The average molecular weight is 429 g/mol. The minimum Gasteiger partial charge on any atom is -0.462 e. The molecule has 7 nitrogen and oxygen atoms in total. The third kappa shape index (κ3) is 4.85. The van der Waals surface area contributed by atoms with Crippen molar-refractivity contribution >= 4 is 46.1 Å². The second-order valence-corrected chi connectivity index (χ2v) is 7.50. The maximum absolute atomic E-state index is 13.4. The largest absolute Gasteiger partial charge is 0.462 e. The Hall–Kier alpha value is -3.20.